The van der Waals surface area contributed by atoms with E-state index in [1.165, 1.54) is 16.5 Å². The minimum Gasteiger partial charge on any atom is -0.497 e. The smallest absolute Gasteiger partial charge is 0.149 e. The van der Waals surface area contributed by atoms with Crippen LogP contribution in [0.15, 0.2) is 78.9 Å². The van der Waals surface area contributed by atoms with E-state index in [0.29, 0.717) is 0 Å². The third-order valence-electron chi connectivity index (χ3n) is 7.05. The molecule has 0 saturated carbocycles. The van der Waals surface area contributed by atoms with E-state index in [0.717, 1.165) is 65.8 Å². The van der Waals surface area contributed by atoms with Crippen molar-refractivity contribution < 1.29 is 18.9 Å². The lowest BCUT2D eigenvalue weighted by atomic mass is 9.89. The fraction of sp³-hybridized carbons (Fsp3) is 0.226. The van der Waals surface area contributed by atoms with Crippen molar-refractivity contribution >= 4 is 28.1 Å². The van der Waals surface area contributed by atoms with Crippen LogP contribution in [0.4, 0.5) is 5.69 Å². The second-order valence-corrected chi connectivity index (χ2v) is 9.05. The zero-order valence-electron chi connectivity index (χ0n) is 20.6. The summed E-state index contributed by atoms with van der Waals surface area (Å²) >= 11 is 0. The molecule has 4 aromatic rings. The SMILES string of the molecule is COc1ccc(C2=Cc3c(cc(N4CCOCC4)c4ccccc34)OC2c2ccc(OC)cc2)cc1. The molecule has 1 saturated heterocycles. The third-order valence-corrected chi connectivity index (χ3v) is 7.05. The monoisotopic (exact) mass is 479 g/mol. The molecule has 0 aliphatic carbocycles. The summed E-state index contributed by atoms with van der Waals surface area (Å²) in [7, 11) is 3.37. The minimum atomic E-state index is -0.254. The molecule has 6 rings (SSSR count). The van der Waals surface area contributed by atoms with E-state index >= 15 is 0 Å². The quantitative estimate of drug-likeness (QED) is 0.333. The molecule has 1 atom stereocenters. The van der Waals surface area contributed by atoms with Crippen LogP contribution in [-0.4, -0.2) is 40.5 Å². The molecule has 0 radical (unpaired) electrons. The molecule has 0 N–H and O–H groups in total. The zero-order chi connectivity index (χ0) is 24.5. The highest BCUT2D eigenvalue weighted by molar-refractivity contribution is 6.05. The Morgan fingerprint density at radius 2 is 1.42 bits per heavy atom. The van der Waals surface area contributed by atoms with Crippen LogP contribution in [0.25, 0.3) is 22.4 Å². The van der Waals surface area contributed by atoms with Crippen LogP contribution in [0.2, 0.25) is 0 Å². The van der Waals surface area contributed by atoms with E-state index < -0.39 is 0 Å². The van der Waals surface area contributed by atoms with Gasteiger partial charge in [-0.25, -0.2) is 0 Å². The van der Waals surface area contributed by atoms with Gasteiger partial charge in [0.25, 0.3) is 0 Å². The summed E-state index contributed by atoms with van der Waals surface area (Å²) in [4.78, 5) is 2.40. The average molecular weight is 480 g/mol. The zero-order valence-corrected chi connectivity index (χ0v) is 20.6. The Kier molecular flexibility index (Phi) is 5.99. The van der Waals surface area contributed by atoms with Gasteiger partial charge in [-0.2, -0.15) is 0 Å². The summed E-state index contributed by atoms with van der Waals surface area (Å²) in [5.41, 5.74) is 5.59. The summed E-state index contributed by atoms with van der Waals surface area (Å²) in [5.74, 6) is 2.55. The third kappa shape index (κ3) is 4.06. The Balaban J connectivity index is 1.53. The van der Waals surface area contributed by atoms with Gasteiger partial charge >= 0.3 is 0 Å². The number of hydrogen-bond donors (Lipinski definition) is 0. The number of nitrogens with zero attached hydrogens (tertiary/aromatic N) is 1. The topological polar surface area (TPSA) is 40.2 Å². The molecule has 36 heavy (non-hydrogen) atoms. The molecule has 5 nitrogen and oxygen atoms in total. The molecule has 182 valence electrons. The Morgan fingerprint density at radius 3 is 2.08 bits per heavy atom. The van der Waals surface area contributed by atoms with Gasteiger partial charge in [-0.1, -0.05) is 48.5 Å². The maximum absolute atomic E-state index is 6.86. The second kappa shape index (κ2) is 9.59. The Hall–Kier alpha value is -3.96. The first-order valence-corrected chi connectivity index (χ1v) is 12.3. The highest BCUT2D eigenvalue weighted by Crippen LogP contribution is 2.47. The molecule has 2 aliphatic heterocycles. The van der Waals surface area contributed by atoms with Crippen molar-refractivity contribution in [3.05, 3.63) is 95.6 Å². The number of methoxy groups -OCH3 is 2. The fourth-order valence-electron chi connectivity index (χ4n) is 5.13. The largest absolute Gasteiger partial charge is 0.497 e. The minimum absolute atomic E-state index is 0.254. The van der Waals surface area contributed by atoms with Crippen molar-refractivity contribution in [1.82, 2.24) is 0 Å². The number of rotatable bonds is 5. The molecule has 0 amide bonds. The molecule has 0 spiro atoms. The van der Waals surface area contributed by atoms with Crippen LogP contribution in [-0.2, 0) is 4.74 Å². The highest BCUT2D eigenvalue weighted by Gasteiger charge is 2.28. The van der Waals surface area contributed by atoms with Crippen molar-refractivity contribution in [3.8, 4) is 17.2 Å². The van der Waals surface area contributed by atoms with E-state index in [1.807, 2.05) is 24.3 Å². The molecule has 0 bridgehead atoms. The lowest BCUT2D eigenvalue weighted by Gasteiger charge is -2.33. The standard InChI is InChI=1S/C31H29NO4/c1-33-23-11-7-21(8-12-23)27-19-28-25-5-3-4-6-26(25)29(32-15-17-35-18-16-32)20-30(28)36-31(27)22-9-13-24(34-2)14-10-22/h3-14,19-20,31H,15-18H2,1-2H3. The number of hydrogen-bond acceptors (Lipinski definition) is 5. The van der Waals surface area contributed by atoms with Crippen molar-refractivity contribution in [3.63, 3.8) is 0 Å². The Bertz CT molecular complexity index is 1400. The van der Waals surface area contributed by atoms with Crippen LogP contribution >= 0.6 is 0 Å². The molecule has 1 fully saturated rings. The first-order chi connectivity index (χ1) is 17.7. The second-order valence-electron chi connectivity index (χ2n) is 9.05. The predicted molar refractivity (Wildman–Crippen MR) is 144 cm³/mol. The van der Waals surface area contributed by atoms with Crippen molar-refractivity contribution in [2.75, 3.05) is 45.4 Å². The summed E-state index contributed by atoms with van der Waals surface area (Å²) in [6.07, 6.45) is 2.04. The first kappa shape index (κ1) is 22.5. The first-order valence-electron chi connectivity index (χ1n) is 12.3. The van der Waals surface area contributed by atoms with E-state index in [4.69, 9.17) is 18.9 Å². The molecule has 1 unspecified atom stereocenters. The normalized spacial score (nSPS) is 17.2. The van der Waals surface area contributed by atoms with Crippen molar-refractivity contribution in [2.45, 2.75) is 6.10 Å². The lowest BCUT2D eigenvalue weighted by molar-refractivity contribution is 0.123. The van der Waals surface area contributed by atoms with Gasteiger partial charge in [-0.15, -0.1) is 0 Å². The summed E-state index contributed by atoms with van der Waals surface area (Å²) < 4.78 is 23.3. The number of anilines is 1. The lowest BCUT2D eigenvalue weighted by Crippen LogP contribution is -2.36. The van der Waals surface area contributed by atoms with Gasteiger partial charge in [-0.3, -0.25) is 0 Å². The van der Waals surface area contributed by atoms with Gasteiger partial charge in [0.1, 0.15) is 23.4 Å². The molecular formula is C31H29NO4. The average Bonchev–Trinajstić information content (AvgIpc) is 2.96. The molecule has 4 aromatic carbocycles. The summed E-state index contributed by atoms with van der Waals surface area (Å²) in [6, 6.07) is 27.1. The van der Waals surface area contributed by atoms with E-state index in [2.05, 4.69) is 65.6 Å². The molecule has 0 aromatic heterocycles. The van der Waals surface area contributed by atoms with Gasteiger partial charge < -0.3 is 23.8 Å². The number of ether oxygens (including phenoxy) is 4. The fourth-order valence-corrected chi connectivity index (χ4v) is 5.13. The summed E-state index contributed by atoms with van der Waals surface area (Å²) in [6.45, 7) is 3.22. The van der Waals surface area contributed by atoms with Crippen LogP contribution in [0.1, 0.15) is 22.8 Å². The van der Waals surface area contributed by atoms with Gasteiger partial charge in [0.2, 0.25) is 0 Å². The van der Waals surface area contributed by atoms with Crippen molar-refractivity contribution in [1.29, 1.82) is 0 Å². The van der Waals surface area contributed by atoms with E-state index in [9.17, 15) is 0 Å². The van der Waals surface area contributed by atoms with Gasteiger partial charge in [0.15, 0.2) is 0 Å². The van der Waals surface area contributed by atoms with Crippen LogP contribution in [0.5, 0.6) is 17.2 Å². The van der Waals surface area contributed by atoms with E-state index in [1.54, 1.807) is 14.2 Å². The van der Waals surface area contributed by atoms with Gasteiger partial charge in [0.05, 0.1) is 27.4 Å². The Morgan fingerprint density at radius 1 is 0.778 bits per heavy atom. The van der Waals surface area contributed by atoms with Crippen LogP contribution < -0.4 is 19.1 Å². The maximum Gasteiger partial charge on any atom is 0.149 e. The number of fused-ring (bicyclic) bond motifs is 3. The highest BCUT2D eigenvalue weighted by atomic mass is 16.5. The van der Waals surface area contributed by atoms with Crippen LogP contribution in [0.3, 0.4) is 0 Å². The maximum atomic E-state index is 6.86. The molecular weight excluding hydrogens is 450 g/mol. The molecule has 2 heterocycles. The predicted octanol–water partition coefficient (Wildman–Crippen LogP) is 6.37. The van der Waals surface area contributed by atoms with Crippen molar-refractivity contribution in [2.24, 2.45) is 0 Å². The number of benzene rings is 4. The molecule has 2 aliphatic rings. The van der Waals surface area contributed by atoms with Crippen LogP contribution in [0, 0.1) is 0 Å². The summed E-state index contributed by atoms with van der Waals surface area (Å²) in [5, 5.41) is 2.42. The number of morpholine rings is 1. The Labute approximate surface area is 211 Å². The molecule has 5 heteroatoms. The van der Waals surface area contributed by atoms with E-state index in [-0.39, 0.29) is 6.10 Å². The van der Waals surface area contributed by atoms with Gasteiger partial charge in [-0.05, 0) is 46.9 Å². The van der Waals surface area contributed by atoms with Gasteiger partial charge in [0, 0.05) is 41.4 Å².